The van der Waals surface area contributed by atoms with Gasteiger partial charge in [-0.3, -0.25) is 29.2 Å². The number of amides is 1. The molecular formula is C18H13N5O4. The van der Waals surface area contributed by atoms with Crippen molar-refractivity contribution in [1.82, 2.24) is 9.55 Å². The Morgan fingerprint density at radius 1 is 1.26 bits per heavy atom. The summed E-state index contributed by atoms with van der Waals surface area (Å²) in [5.74, 6) is -0.451. The second kappa shape index (κ2) is 7.45. The van der Waals surface area contributed by atoms with Crippen LogP contribution in [-0.4, -0.2) is 26.9 Å². The first-order chi connectivity index (χ1) is 13.0. The van der Waals surface area contributed by atoms with Crippen molar-refractivity contribution in [3.8, 4) is 6.07 Å². The molecule has 134 valence electrons. The Kier molecular flexibility index (Phi) is 4.90. The molecule has 0 aliphatic heterocycles. The summed E-state index contributed by atoms with van der Waals surface area (Å²) in [5.41, 5.74) is 0.0528. The van der Waals surface area contributed by atoms with Gasteiger partial charge in [0.1, 0.15) is 13.1 Å². The van der Waals surface area contributed by atoms with Crippen LogP contribution >= 0.6 is 0 Å². The molecule has 0 atom stereocenters. The van der Waals surface area contributed by atoms with Gasteiger partial charge in [-0.25, -0.2) is 4.98 Å². The topological polar surface area (TPSA) is 122 Å². The van der Waals surface area contributed by atoms with Gasteiger partial charge in [0.05, 0.1) is 28.2 Å². The minimum absolute atomic E-state index is 0.162. The summed E-state index contributed by atoms with van der Waals surface area (Å²) in [5, 5.41) is 20.0. The molecule has 1 heterocycles. The van der Waals surface area contributed by atoms with Gasteiger partial charge in [0, 0.05) is 17.8 Å². The van der Waals surface area contributed by atoms with Crippen LogP contribution in [0.1, 0.15) is 0 Å². The Morgan fingerprint density at radius 3 is 2.67 bits per heavy atom. The number of carbonyl (C=O) groups excluding carboxylic acids is 1. The zero-order valence-corrected chi connectivity index (χ0v) is 14.0. The number of nitriles is 1. The number of anilines is 1. The van der Waals surface area contributed by atoms with Gasteiger partial charge in [0.25, 0.3) is 11.2 Å². The maximum Gasteiger partial charge on any atom is 0.271 e. The highest BCUT2D eigenvalue weighted by atomic mass is 16.6. The number of rotatable bonds is 5. The first kappa shape index (κ1) is 17.8. The number of benzene rings is 2. The second-order valence-electron chi connectivity index (χ2n) is 5.61. The van der Waals surface area contributed by atoms with E-state index in [0.717, 1.165) is 4.57 Å². The fourth-order valence-corrected chi connectivity index (χ4v) is 2.61. The van der Waals surface area contributed by atoms with Crippen molar-refractivity contribution in [3.63, 3.8) is 0 Å². The third-order valence-electron chi connectivity index (χ3n) is 3.92. The number of hydrogen-bond donors (Lipinski definition) is 0. The Morgan fingerprint density at radius 2 is 2.00 bits per heavy atom. The van der Waals surface area contributed by atoms with Gasteiger partial charge in [0.15, 0.2) is 0 Å². The van der Waals surface area contributed by atoms with Crippen LogP contribution in [-0.2, 0) is 11.3 Å². The summed E-state index contributed by atoms with van der Waals surface area (Å²) in [6.07, 6.45) is 1.17. The quantitative estimate of drug-likeness (QED) is 0.387. The second-order valence-corrected chi connectivity index (χ2v) is 5.61. The molecule has 0 N–H and O–H groups in total. The van der Waals surface area contributed by atoms with E-state index in [1.807, 2.05) is 6.07 Å². The van der Waals surface area contributed by atoms with E-state index in [1.165, 1.54) is 29.4 Å². The van der Waals surface area contributed by atoms with Gasteiger partial charge in [-0.15, -0.1) is 0 Å². The molecular weight excluding hydrogens is 350 g/mol. The standard InChI is InChI=1S/C18H13N5O4/c19-8-9-22(13-4-2-1-3-5-13)17(24)11-21-12-20-16-10-14(23(26)27)6-7-15(16)18(21)25/h1-7,10,12H,9,11H2. The van der Waals surface area contributed by atoms with E-state index >= 15 is 0 Å². The first-order valence-electron chi connectivity index (χ1n) is 7.87. The lowest BCUT2D eigenvalue weighted by Crippen LogP contribution is -2.37. The highest BCUT2D eigenvalue weighted by Gasteiger charge is 2.17. The summed E-state index contributed by atoms with van der Waals surface area (Å²) in [7, 11) is 0. The third-order valence-corrected chi connectivity index (χ3v) is 3.92. The highest BCUT2D eigenvalue weighted by Crippen LogP contribution is 2.17. The fourth-order valence-electron chi connectivity index (χ4n) is 2.61. The molecule has 0 aliphatic carbocycles. The van der Waals surface area contributed by atoms with Crippen molar-refractivity contribution in [2.75, 3.05) is 11.4 Å². The average Bonchev–Trinajstić information content (AvgIpc) is 2.68. The lowest BCUT2D eigenvalue weighted by atomic mass is 10.2. The summed E-state index contributed by atoms with van der Waals surface area (Å²) in [4.78, 5) is 40.8. The number of para-hydroxylation sites is 1. The predicted octanol–water partition coefficient (Wildman–Crippen LogP) is 1.86. The van der Waals surface area contributed by atoms with E-state index in [0.29, 0.717) is 5.69 Å². The van der Waals surface area contributed by atoms with Crippen LogP contribution in [0.25, 0.3) is 10.9 Å². The van der Waals surface area contributed by atoms with Gasteiger partial charge in [-0.1, -0.05) is 18.2 Å². The maximum atomic E-state index is 12.6. The lowest BCUT2D eigenvalue weighted by Gasteiger charge is -2.20. The number of carbonyl (C=O) groups is 1. The number of nitro groups is 1. The molecule has 1 amide bonds. The zero-order chi connectivity index (χ0) is 19.4. The Balaban J connectivity index is 1.93. The molecule has 0 fully saturated rings. The van der Waals surface area contributed by atoms with E-state index in [1.54, 1.807) is 30.3 Å². The van der Waals surface area contributed by atoms with Crippen LogP contribution in [0.2, 0.25) is 0 Å². The molecule has 3 aromatic rings. The SMILES string of the molecule is N#CCN(C(=O)Cn1cnc2cc([N+](=O)[O-])ccc2c1=O)c1ccccc1. The largest absolute Gasteiger partial charge is 0.297 e. The molecule has 0 aliphatic rings. The van der Waals surface area contributed by atoms with Crippen LogP contribution < -0.4 is 10.5 Å². The predicted molar refractivity (Wildman–Crippen MR) is 97.1 cm³/mol. The monoisotopic (exact) mass is 363 g/mol. The van der Waals surface area contributed by atoms with Gasteiger partial charge < -0.3 is 0 Å². The molecule has 9 heteroatoms. The molecule has 27 heavy (non-hydrogen) atoms. The Hall–Kier alpha value is -4.06. The van der Waals surface area contributed by atoms with E-state index < -0.39 is 16.4 Å². The average molecular weight is 363 g/mol. The summed E-state index contributed by atoms with van der Waals surface area (Å²) in [6, 6.07) is 14.3. The van der Waals surface area contributed by atoms with E-state index in [-0.39, 0.29) is 29.7 Å². The molecule has 0 unspecified atom stereocenters. The van der Waals surface area contributed by atoms with E-state index in [4.69, 9.17) is 5.26 Å². The van der Waals surface area contributed by atoms with Crippen molar-refractivity contribution in [3.05, 3.63) is 75.3 Å². The smallest absolute Gasteiger partial charge is 0.271 e. The van der Waals surface area contributed by atoms with Gasteiger partial charge in [-0.05, 0) is 18.2 Å². The third kappa shape index (κ3) is 3.64. The fraction of sp³-hybridized carbons (Fsp3) is 0.111. The van der Waals surface area contributed by atoms with Crippen molar-refractivity contribution in [2.45, 2.75) is 6.54 Å². The number of nitro benzene ring substituents is 1. The Labute approximate surface area is 152 Å². The molecule has 0 spiro atoms. The highest BCUT2D eigenvalue weighted by molar-refractivity contribution is 5.93. The lowest BCUT2D eigenvalue weighted by molar-refractivity contribution is -0.384. The van der Waals surface area contributed by atoms with E-state index in [9.17, 15) is 19.7 Å². The summed E-state index contributed by atoms with van der Waals surface area (Å²) >= 11 is 0. The van der Waals surface area contributed by atoms with Crippen molar-refractivity contribution in [1.29, 1.82) is 5.26 Å². The number of aromatic nitrogens is 2. The van der Waals surface area contributed by atoms with Gasteiger partial charge in [0.2, 0.25) is 5.91 Å². The van der Waals surface area contributed by atoms with Crippen LogP contribution in [0.3, 0.4) is 0 Å². The minimum atomic E-state index is -0.574. The van der Waals surface area contributed by atoms with Gasteiger partial charge in [-0.2, -0.15) is 5.26 Å². The van der Waals surface area contributed by atoms with Gasteiger partial charge >= 0.3 is 0 Å². The van der Waals surface area contributed by atoms with Crippen LogP contribution in [0.4, 0.5) is 11.4 Å². The number of hydrogen-bond acceptors (Lipinski definition) is 6. The molecule has 3 rings (SSSR count). The number of nitrogens with zero attached hydrogens (tertiary/aromatic N) is 5. The molecule has 9 nitrogen and oxygen atoms in total. The Bertz CT molecular complexity index is 1120. The summed E-state index contributed by atoms with van der Waals surface area (Å²) < 4.78 is 1.11. The molecule has 0 bridgehead atoms. The summed E-state index contributed by atoms with van der Waals surface area (Å²) in [6.45, 7) is -0.472. The van der Waals surface area contributed by atoms with Crippen molar-refractivity contribution in [2.24, 2.45) is 0 Å². The maximum absolute atomic E-state index is 12.6. The molecule has 0 radical (unpaired) electrons. The molecule has 0 saturated carbocycles. The van der Waals surface area contributed by atoms with Crippen molar-refractivity contribution < 1.29 is 9.72 Å². The number of non-ortho nitro benzene ring substituents is 1. The molecule has 1 aromatic heterocycles. The molecule has 0 saturated heterocycles. The minimum Gasteiger partial charge on any atom is -0.297 e. The zero-order valence-electron chi connectivity index (χ0n) is 14.0. The van der Waals surface area contributed by atoms with Crippen LogP contribution in [0.15, 0.2) is 59.7 Å². The first-order valence-corrected chi connectivity index (χ1v) is 7.87. The van der Waals surface area contributed by atoms with Crippen molar-refractivity contribution >= 4 is 28.2 Å². The molecule has 2 aromatic carbocycles. The normalized spacial score (nSPS) is 10.3. The number of fused-ring (bicyclic) bond motifs is 1. The van der Waals surface area contributed by atoms with E-state index in [2.05, 4.69) is 4.98 Å². The van der Waals surface area contributed by atoms with Crippen LogP contribution in [0.5, 0.6) is 0 Å². The van der Waals surface area contributed by atoms with Crippen LogP contribution in [0, 0.1) is 21.4 Å².